The molecule has 1 aliphatic heterocycles. The summed E-state index contributed by atoms with van der Waals surface area (Å²) < 4.78 is 0. The largest absolute Gasteiger partial charge is 0.353 e. The van der Waals surface area contributed by atoms with Crippen molar-refractivity contribution in [3.63, 3.8) is 0 Å². The third kappa shape index (κ3) is 6.63. The van der Waals surface area contributed by atoms with Crippen LogP contribution in [0.4, 0.5) is 0 Å². The minimum Gasteiger partial charge on any atom is -0.353 e. The van der Waals surface area contributed by atoms with Gasteiger partial charge in [-0.25, -0.2) is 0 Å². The number of carbonyl (C=O) groups is 3. The highest BCUT2D eigenvalue weighted by atomic mass is 16.2. The van der Waals surface area contributed by atoms with Gasteiger partial charge in [0, 0.05) is 30.7 Å². The van der Waals surface area contributed by atoms with Crippen LogP contribution >= 0.6 is 0 Å². The molecule has 1 atom stereocenters. The van der Waals surface area contributed by atoms with Gasteiger partial charge < -0.3 is 5.32 Å². The van der Waals surface area contributed by atoms with Gasteiger partial charge in [-0.3, -0.25) is 19.3 Å². The first-order valence-electron chi connectivity index (χ1n) is 9.85. The Labute approximate surface area is 152 Å². The van der Waals surface area contributed by atoms with Crippen LogP contribution in [0.2, 0.25) is 0 Å². The van der Waals surface area contributed by atoms with Gasteiger partial charge in [0.15, 0.2) is 0 Å². The van der Waals surface area contributed by atoms with Crippen molar-refractivity contribution in [2.24, 2.45) is 11.8 Å². The van der Waals surface area contributed by atoms with Crippen LogP contribution in [-0.4, -0.2) is 35.2 Å². The van der Waals surface area contributed by atoms with Crippen molar-refractivity contribution in [1.29, 1.82) is 0 Å². The number of rotatable bonds is 7. The molecule has 142 valence electrons. The van der Waals surface area contributed by atoms with E-state index in [4.69, 9.17) is 0 Å². The highest BCUT2D eigenvalue weighted by molar-refractivity contribution is 6.12. The molecule has 0 bridgehead atoms. The molecule has 2 rings (SSSR count). The molecule has 0 aromatic rings. The molecule has 25 heavy (non-hydrogen) atoms. The SMILES string of the molecule is CC.CCCCC(C)NC(=O)C1CCC(CN2C(=O)C=CC2=O)CC1. The van der Waals surface area contributed by atoms with Crippen LogP contribution < -0.4 is 5.32 Å². The first-order valence-corrected chi connectivity index (χ1v) is 9.85. The monoisotopic (exact) mass is 350 g/mol. The predicted octanol–water partition coefficient (Wildman–Crippen LogP) is 3.44. The molecular weight excluding hydrogens is 316 g/mol. The second-order valence-electron chi connectivity index (χ2n) is 6.89. The van der Waals surface area contributed by atoms with Gasteiger partial charge >= 0.3 is 0 Å². The molecule has 0 aromatic heterocycles. The van der Waals surface area contributed by atoms with Crippen molar-refractivity contribution in [3.05, 3.63) is 12.2 Å². The average Bonchev–Trinajstić information content (AvgIpc) is 2.94. The zero-order chi connectivity index (χ0) is 18.8. The smallest absolute Gasteiger partial charge is 0.253 e. The van der Waals surface area contributed by atoms with Crippen molar-refractivity contribution in [2.45, 2.75) is 78.7 Å². The Bertz CT molecular complexity index is 461. The van der Waals surface area contributed by atoms with Crippen molar-refractivity contribution >= 4 is 17.7 Å². The molecule has 1 aliphatic carbocycles. The summed E-state index contributed by atoms with van der Waals surface area (Å²) in [6.07, 6.45) is 9.48. The molecule has 1 heterocycles. The summed E-state index contributed by atoms with van der Waals surface area (Å²) in [5, 5.41) is 3.12. The third-order valence-electron chi connectivity index (χ3n) is 4.94. The molecule has 0 saturated heterocycles. The summed E-state index contributed by atoms with van der Waals surface area (Å²) in [5.41, 5.74) is 0. The first kappa shape index (κ1) is 21.4. The number of imide groups is 1. The molecule has 5 heteroatoms. The molecule has 1 N–H and O–H groups in total. The Morgan fingerprint density at radius 3 is 2.24 bits per heavy atom. The van der Waals surface area contributed by atoms with Gasteiger partial charge in [-0.2, -0.15) is 0 Å². The molecule has 2 aliphatic rings. The fraction of sp³-hybridized carbons (Fsp3) is 0.750. The molecule has 1 saturated carbocycles. The number of hydrogen-bond donors (Lipinski definition) is 1. The Balaban J connectivity index is 0.00000151. The van der Waals surface area contributed by atoms with Crippen LogP contribution in [0.25, 0.3) is 0 Å². The number of amides is 3. The molecule has 0 aromatic carbocycles. The Kier molecular flexibility index (Phi) is 9.46. The van der Waals surface area contributed by atoms with E-state index >= 15 is 0 Å². The van der Waals surface area contributed by atoms with E-state index in [2.05, 4.69) is 19.2 Å². The van der Waals surface area contributed by atoms with E-state index in [1.807, 2.05) is 13.8 Å². The minimum atomic E-state index is -0.209. The lowest BCUT2D eigenvalue weighted by Gasteiger charge is -2.30. The fourth-order valence-corrected chi connectivity index (χ4v) is 3.42. The standard InChI is InChI=1S/C18H28N2O3.C2H6/c1-3-4-5-13(2)19-18(23)15-8-6-14(7-9-15)12-20-16(21)10-11-17(20)22;1-2/h10-11,13-15H,3-9,12H2,1-2H3,(H,19,23);1-2H3. The summed E-state index contributed by atoms with van der Waals surface area (Å²) in [4.78, 5) is 36.8. The second-order valence-corrected chi connectivity index (χ2v) is 6.89. The lowest BCUT2D eigenvalue weighted by molar-refractivity contribution is -0.138. The van der Waals surface area contributed by atoms with Crippen LogP contribution in [0.1, 0.15) is 72.6 Å². The quantitative estimate of drug-likeness (QED) is 0.715. The van der Waals surface area contributed by atoms with Crippen LogP contribution in [0, 0.1) is 11.8 Å². The lowest BCUT2D eigenvalue weighted by atomic mass is 9.81. The van der Waals surface area contributed by atoms with Gasteiger partial charge in [0.2, 0.25) is 5.91 Å². The van der Waals surface area contributed by atoms with Crippen LogP contribution in [0.15, 0.2) is 12.2 Å². The maximum atomic E-state index is 12.3. The Morgan fingerprint density at radius 1 is 1.16 bits per heavy atom. The predicted molar refractivity (Wildman–Crippen MR) is 99.8 cm³/mol. The molecule has 1 unspecified atom stereocenters. The summed E-state index contributed by atoms with van der Waals surface area (Å²) in [5.74, 6) is 0.157. The number of nitrogens with one attached hydrogen (secondary N) is 1. The van der Waals surface area contributed by atoms with Crippen LogP contribution in [0.5, 0.6) is 0 Å². The van der Waals surface area contributed by atoms with E-state index in [9.17, 15) is 14.4 Å². The van der Waals surface area contributed by atoms with Crippen LogP contribution in [-0.2, 0) is 14.4 Å². The van der Waals surface area contributed by atoms with Gasteiger partial charge in [0.05, 0.1) is 0 Å². The Hall–Kier alpha value is -1.65. The van der Waals surface area contributed by atoms with Crippen LogP contribution in [0.3, 0.4) is 0 Å². The van der Waals surface area contributed by atoms with E-state index in [1.165, 1.54) is 17.1 Å². The summed E-state index contributed by atoms with van der Waals surface area (Å²) >= 11 is 0. The normalized spacial score (nSPS) is 23.9. The summed E-state index contributed by atoms with van der Waals surface area (Å²) in [7, 11) is 0. The van der Waals surface area contributed by atoms with Crippen molar-refractivity contribution in [3.8, 4) is 0 Å². The Morgan fingerprint density at radius 2 is 1.72 bits per heavy atom. The number of carbonyl (C=O) groups excluding carboxylic acids is 3. The van der Waals surface area contributed by atoms with Gasteiger partial charge in [0.1, 0.15) is 0 Å². The van der Waals surface area contributed by atoms with Crippen molar-refractivity contribution in [2.75, 3.05) is 6.54 Å². The molecule has 3 amide bonds. The van der Waals surface area contributed by atoms with E-state index in [0.29, 0.717) is 12.5 Å². The van der Waals surface area contributed by atoms with E-state index in [1.54, 1.807) is 0 Å². The highest BCUT2D eigenvalue weighted by Crippen LogP contribution is 2.30. The van der Waals surface area contributed by atoms with Gasteiger partial charge in [0.25, 0.3) is 11.8 Å². The van der Waals surface area contributed by atoms with Crippen molar-refractivity contribution < 1.29 is 14.4 Å². The van der Waals surface area contributed by atoms with E-state index in [-0.39, 0.29) is 29.7 Å². The second kappa shape index (κ2) is 11.1. The fourth-order valence-electron chi connectivity index (χ4n) is 3.42. The number of nitrogens with zero attached hydrogens (tertiary/aromatic N) is 1. The van der Waals surface area contributed by atoms with Gasteiger partial charge in [-0.1, -0.05) is 33.6 Å². The van der Waals surface area contributed by atoms with Gasteiger partial charge in [-0.05, 0) is 44.9 Å². The summed E-state index contributed by atoms with van der Waals surface area (Å²) in [6.45, 7) is 8.71. The topological polar surface area (TPSA) is 66.5 Å². The maximum absolute atomic E-state index is 12.3. The van der Waals surface area contributed by atoms with Crippen molar-refractivity contribution in [1.82, 2.24) is 10.2 Å². The first-order chi connectivity index (χ1) is 12.0. The number of hydrogen-bond acceptors (Lipinski definition) is 3. The zero-order valence-corrected chi connectivity index (χ0v) is 16.2. The lowest BCUT2D eigenvalue weighted by Crippen LogP contribution is -2.40. The summed E-state index contributed by atoms with van der Waals surface area (Å²) in [6, 6.07) is 0.242. The molecule has 0 spiro atoms. The van der Waals surface area contributed by atoms with E-state index in [0.717, 1.165) is 44.9 Å². The third-order valence-corrected chi connectivity index (χ3v) is 4.94. The average molecular weight is 351 g/mol. The highest BCUT2D eigenvalue weighted by Gasteiger charge is 2.31. The maximum Gasteiger partial charge on any atom is 0.253 e. The molecule has 0 radical (unpaired) electrons. The van der Waals surface area contributed by atoms with Gasteiger partial charge in [-0.15, -0.1) is 0 Å². The zero-order valence-electron chi connectivity index (χ0n) is 16.2. The van der Waals surface area contributed by atoms with E-state index < -0.39 is 0 Å². The minimum absolute atomic E-state index is 0.0819. The molecule has 1 fully saturated rings. The number of unbranched alkanes of at least 4 members (excludes halogenated alkanes) is 1. The molecule has 5 nitrogen and oxygen atoms in total. The molecular formula is C20H34N2O3.